The van der Waals surface area contributed by atoms with Crippen molar-refractivity contribution in [2.24, 2.45) is 11.7 Å². The first kappa shape index (κ1) is 13.3. The Hall–Kier alpha value is -1.73. The molecule has 2 N–H and O–H groups in total. The number of aromatic nitrogens is 1. The Balaban J connectivity index is 2.10. The fourth-order valence-electron chi connectivity index (χ4n) is 2.94. The molecular formula is C13H16N4O2S. The molecule has 7 heteroatoms. The summed E-state index contributed by atoms with van der Waals surface area (Å²) in [6.45, 7) is 3.57. The average molecular weight is 292 g/mol. The summed E-state index contributed by atoms with van der Waals surface area (Å²) in [5.74, 6) is 0.435. The van der Waals surface area contributed by atoms with E-state index in [0.29, 0.717) is 23.7 Å². The minimum Gasteiger partial charge on any atom is -0.364 e. The van der Waals surface area contributed by atoms with E-state index in [0.717, 1.165) is 17.7 Å². The van der Waals surface area contributed by atoms with Crippen molar-refractivity contribution >= 4 is 32.9 Å². The molecule has 0 radical (unpaired) electrons. The van der Waals surface area contributed by atoms with Gasteiger partial charge in [0.1, 0.15) is 5.69 Å². The zero-order valence-electron chi connectivity index (χ0n) is 11.2. The Bertz CT molecular complexity index is 647. The van der Waals surface area contributed by atoms with Crippen LogP contribution in [0, 0.1) is 16.0 Å². The Kier molecular flexibility index (Phi) is 3.31. The van der Waals surface area contributed by atoms with Gasteiger partial charge in [-0.05, 0) is 24.5 Å². The monoisotopic (exact) mass is 292 g/mol. The van der Waals surface area contributed by atoms with Gasteiger partial charge < -0.3 is 10.6 Å². The lowest BCUT2D eigenvalue weighted by molar-refractivity contribution is -0.382. The van der Waals surface area contributed by atoms with Gasteiger partial charge in [-0.25, -0.2) is 4.98 Å². The van der Waals surface area contributed by atoms with E-state index in [9.17, 15) is 10.1 Å². The van der Waals surface area contributed by atoms with E-state index in [-0.39, 0.29) is 16.7 Å². The zero-order chi connectivity index (χ0) is 14.3. The number of anilines is 1. The molecule has 6 nitrogen and oxygen atoms in total. The van der Waals surface area contributed by atoms with E-state index in [4.69, 9.17) is 5.73 Å². The number of piperidine rings is 1. The quantitative estimate of drug-likeness (QED) is 0.678. The van der Waals surface area contributed by atoms with Gasteiger partial charge in [0.05, 0.1) is 15.1 Å². The normalized spacial score (nSPS) is 23.2. The van der Waals surface area contributed by atoms with E-state index < -0.39 is 0 Å². The summed E-state index contributed by atoms with van der Waals surface area (Å²) in [7, 11) is 0. The third-order valence-electron chi connectivity index (χ3n) is 3.67. The molecule has 1 aliphatic rings. The smallest absolute Gasteiger partial charge is 0.319 e. The molecule has 0 saturated carbocycles. The molecular weight excluding hydrogens is 276 g/mol. The van der Waals surface area contributed by atoms with E-state index >= 15 is 0 Å². The van der Waals surface area contributed by atoms with Crippen molar-refractivity contribution < 1.29 is 4.92 Å². The molecule has 0 bridgehead atoms. The standard InChI is InChI=1S/C13H16N4O2S/c1-8-4-9(14)6-16(5-8)10-2-3-11-12(15-7-20-11)13(10)17(18)19/h2-3,7-9H,4-6,14H2,1H3. The van der Waals surface area contributed by atoms with Crippen molar-refractivity contribution in [2.75, 3.05) is 18.0 Å². The van der Waals surface area contributed by atoms with Crippen LogP contribution in [0.15, 0.2) is 17.6 Å². The molecule has 20 heavy (non-hydrogen) atoms. The number of nitro groups is 1. The Morgan fingerprint density at radius 1 is 1.50 bits per heavy atom. The molecule has 0 amide bonds. The third-order valence-corrected chi connectivity index (χ3v) is 4.46. The highest BCUT2D eigenvalue weighted by Gasteiger charge is 2.29. The molecule has 1 aliphatic heterocycles. The highest BCUT2D eigenvalue weighted by molar-refractivity contribution is 7.16. The van der Waals surface area contributed by atoms with Crippen molar-refractivity contribution in [3.05, 3.63) is 27.8 Å². The minimum absolute atomic E-state index is 0.0597. The van der Waals surface area contributed by atoms with Crippen molar-refractivity contribution in [3.63, 3.8) is 0 Å². The highest BCUT2D eigenvalue weighted by atomic mass is 32.1. The summed E-state index contributed by atoms with van der Waals surface area (Å²) in [5.41, 5.74) is 8.90. The summed E-state index contributed by atoms with van der Waals surface area (Å²) >= 11 is 1.42. The number of thiazole rings is 1. The van der Waals surface area contributed by atoms with Crippen LogP contribution in [0.2, 0.25) is 0 Å². The molecule has 106 valence electrons. The van der Waals surface area contributed by atoms with Gasteiger partial charge in [0, 0.05) is 19.1 Å². The molecule has 2 heterocycles. The van der Waals surface area contributed by atoms with Crippen molar-refractivity contribution in [2.45, 2.75) is 19.4 Å². The predicted molar refractivity (Wildman–Crippen MR) is 80.2 cm³/mol. The first-order valence-corrected chi connectivity index (χ1v) is 7.45. The summed E-state index contributed by atoms with van der Waals surface area (Å²) in [5, 5.41) is 11.5. The van der Waals surface area contributed by atoms with E-state index in [1.54, 1.807) is 5.51 Å². The fraction of sp³-hybridized carbons (Fsp3) is 0.462. The third kappa shape index (κ3) is 2.23. The molecule has 2 unspecified atom stereocenters. The van der Waals surface area contributed by atoms with Crippen molar-refractivity contribution in [1.29, 1.82) is 0 Å². The van der Waals surface area contributed by atoms with Gasteiger partial charge in [0.2, 0.25) is 0 Å². The average Bonchev–Trinajstić information content (AvgIpc) is 2.83. The number of nitro benzene ring substituents is 1. The molecule has 1 aromatic heterocycles. The predicted octanol–water partition coefficient (Wildman–Crippen LogP) is 2.38. The maximum Gasteiger partial charge on any atom is 0.319 e. The van der Waals surface area contributed by atoms with Crippen LogP contribution >= 0.6 is 11.3 Å². The number of rotatable bonds is 2. The second-order valence-corrected chi connectivity index (χ2v) is 6.28. The lowest BCUT2D eigenvalue weighted by Crippen LogP contribution is -2.46. The van der Waals surface area contributed by atoms with Crippen LogP contribution in [0.3, 0.4) is 0 Å². The van der Waals surface area contributed by atoms with Gasteiger partial charge in [0.15, 0.2) is 5.52 Å². The number of fused-ring (bicyclic) bond motifs is 1. The maximum absolute atomic E-state index is 11.5. The summed E-state index contributed by atoms with van der Waals surface area (Å²) in [4.78, 5) is 17.3. The van der Waals surface area contributed by atoms with Crippen LogP contribution in [0.1, 0.15) is 13.3 Å². The van der Waals surface area contributed by atoms with Crippen LogP contribution in [-0.2, 0) is 0 Å². The number of benzene rings is 1. The van der Waals surface area contributed by atoms with Gasteiger partial charge in [-0.2, -0.15) is 0 Å². The molecule has 0 aliphatic carbocycles. The first-order valence-electron chi connectivity index (χ1n) is 6.57. The lowest BCUT2D eigenvalue weighted by atomic mass is 9.96. The lowest BCUT2D eigenvalue weighted by Gasteiger charge is -2.36. The molecule has 3 rings (SSSR count). The zero-order valence-corrected chi connectivity index (χ0v) is 12.0. The number of hydrogen-bond acceptors (Lipinski definition) is 6. The maximum atomic E-state index is 11.5. The van der Waals surface area contributed by atoms with Crippen LogP contribution in [0.5, 0.6) is 0 Å². The van der Waals surface area contributed by atoms with Crippen LogP contribution in [0.4, 0.5) is 11.4 Å². The van der Waals surface area contributed by atoms with Gasteiger partial charge in [-0.15, -0.1) is 11.3 Å². The van der Waals surface area contributed by atoms with Crippen LogP contribution in [0.25, 0.3) is 10.2 Å². The van der Waals surface area contributed by atoms with E-state index in [1.165, 1.54) is 11.3 Å². The molecule has 1 fully saturated rings. The number of nitrogens with zero attached hydrogens (tertiary/aromatic N) is 3. The largest absolute Gasteiger partial charge is 0.364 e. The van der Waals surface area contributed by atoms with Gasteiger partial charge >= 0.3 is 5.69 Å². The molecule has 2 aromatic rings. The number of hydrogen-bond donors (Lipinski definition) is 1. The van der Waals surface area contributed by atoms with Gasteiger partial charge in [-0.1, -0.05) is 6.92 Å². The van der Waals surface area contributed by atoms with Crippen LogP contribution < -0.4 is 10.6 Å². The summed E-state index contributed by atoms with van der Waals surface area (Å²) in [6.07, 6.45) is 0.962. The van der Waals surface area contributed by atoms with E-state index in [1.807, 2.05) is 17.0 Å². The Morgan fingerprint density at radius 2 is 2.30 bits per heavy atom. The minimum atomic E-state index is -0.331. The molecule has 2 atom stereocenters. The Labute approximate surface area is 120 Å². The summed E-state index contributed by atoms with van der Waals surface area (Å²) in [6, 6.07) is 3.79. The van der Waals surface area contributed by atoms with Gasteiger partial charge in [-0.3, -0.25) is 10.1 Å². The topological polar surface area (TPSA) is 85.3 Å². The second-order valence-electron chi connectivity index (χ2n) is 5.40. The van der Waals surface area contributed by atoms with Crippen molar-refractivity contribution in [1.82, 2.24) is 4.98 Å². The van der Waals surface area contributed by atoms with E-state index in [2.05, 4.69) is 11.9 Å². The summed E-state index contributed by atoms with van der Waals surface area (Å²) < 4.78 is 0.842. The second kappa shape index (κ2) is 4.99. The van der Waals surface area contributed by atoms with Crippen molar-refractivity contribution in [3.8, 4) is 0 Å². The SMILES string of the molecule is CC1CC(N)CN(c2ccc3scnc3c2[N+](=O)[O-])C1. The molecule has 0 spiro atoms. The first-order chi connectivity index (χ1) is 9.56. The van der Waals surface area contributed by atoms with Gasteiger partial charge in [0.25, 0.3) is 0 Å². The molecule has 1 saturated heterocycles. The highest BCUT2D eigenvalue weighted by Crippen LogP contribution is 2.37. The fourth-order valence-corrected chi connectivity index (χ4v) is 3.62. The number of nitrogens with two attached hydrogens (primary N) is 1. The molecule has 1 aromatic carbocycles. The Morgan fingerprint density at radius 3 is 3.00 bits per heavy atom. The van der Waals surface area contributed by atoms with Crippen LogP contribution in [-0.4, -0.2) is 29.0 Å².